The number of benzene rings is 1. The maximum Gasteiger partial charge on any atom is 0.270 e. The fraction of sp³-hybridized carbons (Fsp3) is 0.333. The molecule has 5 rings (SSSR count). The van der Waals surface area contributed by atoms with Gasteiger partial charge in [-0.05, 0) is 68.4 Å². The van der Waals surface area contributed by atoms with Gasteiger partial charge in [0, 0.05) is 25.2 Å². The largest absolute Gasteiger partial charge is 0.467 e. The van der Waals surface area contributed by atoms with E-state index in [1.54, 1.807) is 23.8 Å². The van der Waals surface area contributed by atoms with Gasteiger partial charge >= 0.3 is 0 Å². The Bertz CT molecular complexity index is 1510. The van der Waals surface area contributed by atoms with Crippen LogP contribution in [0.3, 0.4) is 0 Å². The molecule has 2 aliphatic rings. The Hall–Kier alpha value is -3.61. The predicted octanol–water partition coefficient (Wildman–Crippen LogP) is 5.50. The highest BCUT2D eigenvalue weighted by atomic mass is 32.2. The standard InChI is InChI=1S/C30H30N4O3S2/c1-3-33-27(32-13-11-22(12-14-32)16-21-8-5-4-6-9-21)24(20(2)25(18-31)28(33)35)17-26-29(36)34(30(38)39-26)19-23-10-7-15-37-23/h4-10,15,17,22H,3,11-14,16,19H2,1-2H3. The van der Waals surface area contributed by atoms with Gasteiger partial charge in [-0.25, -0.2) is 0 Å². The van der Waals surface area contributed by atoms with Crippen LogP contribution in [0, 0.1) is 24.2 Å². The fourth-order valence-corrected chi connectivity index (χ4v) is 6.64. The van der Waals surface area contributed by atoms with E-state index < -0.39 is 0 Å². The van der Waals surface area contributed by atoms with Crippen molar-refractivity contribution in [1.82, 2.24) is 9.47 Å². The van der Waals surface area contributed by atoms with Crippen molar-refractivity contribution in [2.75, 3.05) is 18.0 Å². The summed E-state index contributed by atoms with van der Waals surface area (Å²) < 4.78 is 7.55. The van der Waals surface area contributed by atoms with Gasteiger partial charge in [-0.1, -0.05) is 54.3 Å². The zero-order valence-corrected chi connectivity index (χ0v) is 23.7. The van der Waals surface area contributed by atoms with Crippen molar-refractivity contribution in [1.29, 1.82) is 5.26 Å². The number of hydrogen-bond donors (Lipinski definition) is 0. The van der Waals surface area contributed by atoms with Crippen LogP contribution < -0.4 is 10.5 Å². The van der Waals surface area contributed by atoms with E-state index >= 15 is 0 Å². The molecule has 2 saturated heterocycles. The third kappa shape index (κ3) is 5.45. The SMILES string of the molecule is CCn1c(N2CCC(Cc3ccccc3)CC2)c(C=C2SC(=S)N(Cc3ccco3)C2=O)c(C)c(C#N)c1=O. The van der Waals surface area contributed by atoms with Gasteiger partial charge in [0.05, 0.1) is 17.7 Å². The van der Waals surface area contributed by atoms with E-state index in [2.05, 4.69) is 35.2 Å². The average molecular weight is 559 g/mol. The van der Waals surface area contributed by atoms with Gasteiger partial charge in [-0.15, -0.1) is 0 Å². The molecule has 0 unspecified atom stereocenters. The average Bonchev–Trinajstić information content (AvgIpc) is 3.55. The van der Waals surface area contributed by atoms with Gasteiger partial charge in [-0.3, -0.25) is 19.1 Å². The van der Waals surface area contributed by atoms with Gasteiger partial charge in [0.25, 0.3) is 11.5 Å². The number of rotatable bonds is 7. The molecule has 0 N–H and O–H groups in total. The minimum absolute atomic E-state index is 0.108. The number of carbonyl (C=O) groups is 1. The quantitative estimate of drug-likeness (QED) is 0.280. The van der Waals surface area contributed by atoms with E-state index in [0.717, 1.165) is 43.7 Å². The Labute approximate surface area is 237 Å². The maximum absolute atomic E-state index is 13.4. The molecular weight excluding hydrogens is 528 g/mol. The minimum atomic E-state index is -0.290. The van der Waals surface area contributed by atoms with Crippen molar-refractivity contribution in [3.05, 3.63) is 92.0 Å². The van der Waals surface area contributed by atoms with E-state index in [-0.39, 0.29) is 23.6 Å². The lowest BCUT2D eigenvalue weighted by Crippen LogP contribution is -2.39. The molecule has 0 atom stereocenters. The number of nitrogens with zero attached hydrogens (tertiary/aromatic N) is 4. The van der Waals surface area contributed by atoms with E-state index in [1.165, 1.54) is 22.2 Å². The second kappa shape index (κ2) is 11.6. The second-order valence-electron chi connectivity index (χ2n) is 9.87. The summed E-state index contributed by atoms with van der Waals surface area (Å²) in [5.41, 5.74) is 2.48. The van der Waals surface area contributed by atoms with Crippen LogP contribution in [0.1, 0.15) is 47.8 Å². The van der Waals surface area contributed by atoms with Crippen LogP contribution in [0.25, 0.3) is 6.08 Å². The minimum Gasteiger partial charge on any atom is -0.467 e. The number of thiocarbonyl (C=S) groups is 1. The monoisotopic (exact) mass is 558 g/mol. The molecule has 200 valence electrons. The summed E-state index contributed by atoms with van der Waals surface area (Å²) in [5.74, 6) is 1.77. The number of aromatic nitrogens is 1. The van der Waals surface area contributed by atoms with Gasteiger partial charge in [-0.2, -0.15) is 5.26 Å². The first kappa shape index (κ1) is 27.0. The fourth-order valence-electron chi connectivity index (χ4n) is 5.40. The zero-order valence-electron chi connectivity index (χ0n) is 22.1. The van der Waals surface area contributed by atoms with Crippen molar-refractivity contribution < 1.29 is 9.21 Å². The molecule has 2 aliphatic heterocycles. The highest BCUT2D eigenvalue weighted by Crippen LogP contribution is 2.37. The van der Waals surface area contributed by atoms with Crippen molar-refractivity contribution in [3.8, 4) is 6.07 Å². The molecule has 2 aromatic heterocycles. The Morgan fingerprint density at radius 1 is 1.15 bits per heavy atom. The van der Waals surface area contributed by atoms with Crippen molar-refractivity contribution >= 4 is 46.1 Å². The third-order valence-corrected chi connectivity index (χ3v) is 8.86. The van der Waals surface area contributed by atoms with E-state index in [4.69, 9.17) is 16.6 Å². The van der Waals surface area contributed by atoms with Crippen LogP contribution in [0.4, 0.5) is 5.82 Å². The Balaban J connectivity index is 1.49. The summed E-state index contributed by atoms with van der Waals surface area (Å²) in [6.07, 6.45) is 6.41. The highest BCUT2D eigenvalue weighted by molar-refractivity contribution is 8.26. The lowest BCUT2D eigenvalue weighted by Gasteiger charge is -2.36. The van der Waals surface area contributed by atoms with Gasteiger partial charge in [0.1, 0.15) is 27.5 Å². The molecular formula is C30H30N4O3S2. The number of hydrogen-bond acceptors (Lipinski definition) is 7. The number of pyridine rings is 1. The molecule has 4 heterocycles. The Morgan fingerprint density at radius 2 is 1.90 bits per heavy atom. The van der Waals surface area contributed by atoms with E-state index in [9.17, 15) is 14.9 Å². The first-order valence-corrected chi connectivity index (χ1v) is 14.4. The molecule has 0 aliphatic carbocycles. The Morgan fingerprint density at radius 3 is 2.54 bits per heavy atom. The van der Waals surface area contributed by atoms with Gasteiger partial charge in [0.15, 0.2) is 0 Å². The van der Waals surface area contributed by atoms with Crippen LogP contribution in [0.2, 0.25) is 0 Å². The first-order chi connectivity index (χ1) is 18.9. The van der Waals surface area contributed by atoms with Crippen LogP contribution in [-0.2, 0) is 24.3 Å². The van der Waals surface area contributed by atoms with Crippen molar-refractivity contribution in [3.63, 3.8) is 0 Å². The lowest BCUT2D eigenvalue weighted by atomic mass is 9.90. The zero-order chi connectivity index (χ0) is 27.5. The number of thioether (sulfide) groups is 1. The summed E-state index contributed by atoms with van der Waals surface area (Å²) in [5, 5.41) is 9.85. The van der Waals surface area contributed by atoms with E-state index in [1.807, 2.05) is 25.1 Å². The van der Waals surface area contributed by atoms with E-state index in [0.29, 0.717) is 33.0 Å². The maximum atomic E-state index is 13.4. The number of furan rings is 1. The second-order valence-corrected chi connectivity index (χ2v) is 11.5. The summed E-state index contributed by atoms with van der Waals surface area (Å²) >= 11 is 6.76. The molecule has 0 radical (unpaired) electrons. The van der Waals surface area contributed by atoms with Crippen LogP contribution in [0.5, 0.6) is 0 Å². The van der Waals surface area contributed by atoms with Gasteiger partial charge in [0.2, 0.25) is 0 Å². The normalized spacial score (nSPS) is 17.3. The predicted molar refractivity (Wildman–Crippen MR) is 158 cm³/mol. The molecule has 2 fully saturated rings. The van der Waals surface area contributed by atoms with Crippen molar-refractivity contribution in [2.45, 2.75) is 46.2 Å². The number of amides is 1. The number of nitriles is 1. The molecule has 1 amide bonds. The number of anilines is 1. The summed E-state index contributed by atoms with van der Waals surface area (Å²) in [6.45, 7) is 5.98. The number of piperidine rings is 1. The lowest BCUT2D eigenvalue weighted by molar-refractivity contribution is -0.122. The Kier molecular flexibility index (Phi) is 8.05. The van der Waals surface area contributed by atoms with Gasteiger partial charge < -0.3 is 9.32 Å². The summed E-state index contributed by atoms with van der Waals surface area (Å²) in [7, 11) is 0. The highest BCUT2D eigenvalue weighted by Gasteiger charge is 2.34. The van der Waals surface area contributed by atoms with Crippen molar-refractivity contribution in [2.24, 2.45) is 5.92 Å². The molecule has 0 bridgehead atoms. The van der Waals surface area contributed by atoms with Crippen LogP contribution in [0.15, 0.2) is 62.8 Å². The van der Waals surface area contributed by atoms with Crippen LogP contribution >= 0.6 is 24.0 Å². The molecule has 0 spiro atoms. The molecule has 0 saturated carbocycles. The first-order valence-electron chi connectivity index (χ1n) is 13.1. The topological polar surface area (TPSA) is 82.5 Å². The molecule has 1 aromatic carbocycles. The summed E-state index contributed by atoms with van der Waals surface area (Å²) in [4.78, 5) is 31.0. The molecule has 3 aromatic rings. The molecule has 39 heavy (non-hydrogen) atoms. The third-order valence-electron chi connectivity index (χ3n) is 7.49. The summed E-state index contributed by atoms with van der Waals surface area (Å²) in [6, 6.07) is 16.2. The number of carbonyl (C=O) groups excluding carboxylic acids is 1. The smallest absolute Gasteiger partial charge is 0.270 e. The molecule has 9 heteroatoms. The van der Waals surface area contributed by atoms with Crippen LogP contribution in [-0.4, -0.2) is 32.8 Å². The molecule has 7 nitrogen and oxygen atoms in total.